The molecule has 1 heterocycles. The van der Waals surface area contributed by atoms with Crippen LogP contribution in [0, 0.1) is 5.82 Å². The first-order valence-corrected chi connectivity index (χ1v) is 6.49. The van der Waals surface area contributed by atoms with Crippen LogP contribution >= 0.6 is 0 Å². The lowest BCUT2D eigenvalue weighted by Gasteiger charge is -2.34. The summed E-state index contributed by atoms with van der Waals surface area (Å²) in [7, 11) is 0. The fraction of sp³-hybridized carbons (Fsp3) is 0.500. The molecule has 0 bridgehead atoms. The normalized spacial score (nSPS) is 16.7. The van der Waals surface area contributed by atoms with E-state index in [9.17, 15) is 9.18 Å². The molecule has 18 heavy (non-hydrogen) atoms. The standard InChI is InChI=1S/C14H19FN2O/c1-2-14(18)16-12-7-9-17(10-8-12)13-5-3-11(15)4-6-13/h3-6,12H,2,7-10H2,1H3,(H,16,18). The highest BCUT2D eigenvalue weighted by Crippen LogP contribution is 2.20. The fourth-order valence-corrected chi connectivity index (χ4v) is 2.26. The summed E-state index contributed by atoms with van der Waals surface area (Å²) in [4.78, 5) is 13.5. The van der Waals surface area contributed by atoms with Crippen molar-refractivity contribution in [3.63, 3.8) is 0 Å². The quantitative estimate of drug-likeness (QED) is 0.893. The number of carbonyl (C=O) groups excluding carboxylic acids is 1. The van der Waals surface area contributed by atoms with Crippen molar-refractivity contribution < 1.29 is 9.18 Å². The third-order valence-electron chi connectivity index (χ3n) is 3.37. The molecular weight excluding hydrogens is 231 g/mol. The Kier molecular flexibility index (Phi) is 4.18. The minimum atomic E-state index is -0.205. The molecule has 0 saturated carbocycles. The smallest absolute Gasteiger partial charge is 0.219 e. The van der Waals surface area contributed by atoms with E-state index in [4.69, 9.17) is 0 Å². The molecule has 4 heteroatoms. The number of hydrogen-bond donors (Lipinski definition) is 1. The third-order valence-corrected chi connectivity index (χ3v) is 3.37. The Morgan fingerprint density at radius 2 is 1.94 bits per heavy atom. The molecule has 1 aliphatic rings. The number of rotatable bonds is 3. The van der Waals surface area contributed by atoms with Crippen LogP contribution in [0.2, 0.25) is 0 Å². The van der Waals surface area contributed by atoms with Crippen molar-refractivity contribution in [3.8, 4) is 0 Å². The zero-order valence-electron chi connectivity index (χ0n) is 10.7. The van der Waals surface area contributed by atoms with E-state index in [1.165, 1.54) is 12.1 Å². The summed E-state index contributed by atoms with van der Waals surface area (Å²) in [5.41, 5.74) is 1.05. The van der Waals surface area contributed by atoms with E-state index in [0.717, 1.165) is 31.6 Å². The molecule has 3 nitrogen and oxygen atoms in total. The number of hydrogen-bond acceptors (Lipinski definition) is 2. The number of benzene rings is 1. The molecule has 1 aliphatic heterocycles. The number of nitrogens with zero attached hydrogens (tertiary/aromatic N) is 1. The topological polar surface area (TPSA) is 32.3 Å². The number of nitrogens with one attached hydrogen (secondary N) is 1. The predicted octanol–water partition coefficient (Wildman–Crippen LogP) is 2.32. The van der Waals surface area contributed by atoms with Crippen molar-refractivity contribution in [1.29, 1.82) is 0 Å². The Bertz CT molecular complexity index is 397. The lowest BCUT2D eigenvalue weighted by atomic mass is 10.0. The zero-order valence-corrected chi connectivity index (χ0v) is 10.7. The van der Waals surface area contributed by atoms with Gasteiger partial charge in [0.1, 0.15) is 5.82 Å². The van der Waals surface area contributed by atoms with Crippen molar-refractivity contribution in [1.82, 2.24) is 5.32 Å². The van der Waals surface area contributed by atoms with E-state index in [-0.39, 0.29) is 17.8 Å². The van der Waals surface area contributed by atoms with Crippen LogP contribution in [-0.4, -0.2) is 25.0 Å². The van der Waals surface area contributed by atoms with Gasteiger partial charge in [0.2, 0.25) is 5.91 Å². The maximum Gasteiger partial charge on any atom is 0.219 e. The van der Waals surface area contributed by atoms with E-state index in [1.807, 2.05) is 6.92 Å². The number of anilines is 1. The van der Waals surface area contributed by atoms with Gasteiger partial charge in [0, 0.05) is 31.2 Å². The molecule has 0 radical (unpaired) electrons. The van der Waals surface area contributed by atoms with Crippen LogP contribution in [-0.2, 0) is 4.79 Å². The van der Waals surface area contributed by atoms with Gasteiger partial charge in [-0.15, -0.1) is 0 Å². The molecular formula is C14H19FN2O. The van der Waals surface area contributed by atoms with Gasteiger partial charge in [-0.3, -0.25) is 4.79 Å². The first kappa shape index (κ1) is 12.9. The molecule has 0 atom stereocenters. The van der Waals surface area contributed by atoms with Gasteiger partial charge in [-0.1, -0.05) is 6.92 Å². The molecule has 1 N–H and O–H groups in total. The van der Waals surface area contributed by atoms with E-state index < -0.39 is 0 Å². The van der Waals surface area contributed by atoms with Gasteiger partial charge < -0.3 is 10.2 Å². The second kappa shape index (κ2) is 5.85. The lowest BCUT2D eigenvalue weighted by Crippen LogP contribution is -2.44. The van der Waals surface area contributed by atoms with Crippen molar-refractivity contribution in [3.05, 3.63) is 30.1 Å². The Morgan fingerprint density at radius 3 is 2.50 bits per heavy atom. The predicted molar refractivity (Wildman–Crippen MR) is 70.1 cm³/mol. The highest BCUT2D eigenvalue weighted by Gasteiger charge is 2.20. The van der Waals surface area contributed by atoms with Crippen LogP contribution in [0.15, 0.2) is 24.3 Å². The summed E-state index contributed by atoms with van der Waals surface area (Å²) >= 11 is 0. The first-order chi connectivity index (χ1) is 8.69. The Balaban J connectivity index is 1.86. The molecule has 1 aromatic rings. The second-order valence-corrected chi connectivity index (χ2v) is 4.66. The van der Waals surface area contributed by atoms with E-state index in [2.05, 4.69) is 10.2 Å². The van der Waals surface area contributed by atoms with Crippen molar-refractivity contribution in [2.45, 2.75) is 32.2 Å². The van der Waals surface area contributed by atoms with Crippen molar-refractivity contribution >= 4 is 11.6 Å². The summed E-state index contributed by atoms with van der Waals surface area (Å²) in [5, 5.41) is 3.02. The Hall–Kier alpha value is -1.58. The summed E-state index contributed by atoms with van der Waals surface area (Å²) in [6.45, 7) is 3.67. The molecule has 1 aromatic carbocycles. The monoisotopic (exact) mass is 250 g/mol. The van der Waals surface area contributed by atoms with Gasteiger partial charge in [-0.2, -0.15) is 0 Å². The number of carbonyl (C=O) groups is 1. The van der Waals surface area contributed by atoms with Crippen LogP contribution in [0.1, 0.15) is 26.2 Å². The molecule has 2 rings (SSSR count). The lowest BCUT2D eigenvalue weighted by molar-refractivity contribution is -0.121. The average Bonchev–Trinajstić information content (AvgIpc) is 2.40. The van der Waals surface area contributed by atoms with Gasteiger partial charge in [-0.25, -0.2) is 4.39 Å². The van der Waals surface area contributed by atoms with Crippen LogP contribution < -0.4 is 10.2 Å². The summed E-state index contributed by atoms with van der Waals surface area (Å²) in [6.07, 6.45) is 2.43. The van der Waals surface area contributed by atoms with Crippen LogP contribution in [0.3, 0.4) is 0 Å². The second-order valence-electron chi connectivity index (χ2n) is 4.66. The average molecular weight is 250 g/mol. The van der Waals surface area contributed by atoms with Crippen LogP contribution in [0.4, 0.5) is 10.1 Å². The highest BCUT2D eigenvalue weighted by atomic mass is 19.1. The van der Waals surface area contributed by atoms with Gasteiger partial charge in [0.05, 0.1) is 0 Å². The molecule has 1 saturated heterocycles. The molecule has 0 aliphatic carbocycles. The maximum absolute atomic E-state index is 12.8. The minimum absolute atomic E-state index is 0.121. The summed E-state index contributed by atoms with van der Waals surface area (Å²) < 4.78 is 12.8. The fourth-order valence-electron chi connectivity index (χ4n) is 2.26. The number of amides is 1. The highest BCUT2D eigenvalue weighted by molar-refractivity contribution is 5.75. The summed E-state index contributed by atoms with van der Waals surface area (Å²) in [6, 6.07) is 6.87. The molecule has 0 unspecified atom stereocenters. The van der Waals surface area contributed by atoms with Gasteiger partial charge >= 0.3 is 0 Å². The van der Waals surface area contributed by atoms with Gasteiger partial charge in [0.25, 0.3) is 0 Å². The number of halogens is 1. The molecule has 98 valence electrons. The first-order valence-electron chi connectivity index (χ1n) is 6.49. The third kappa shape index (κ3) is 3.22. The van der Waals surface area contributed by atoms with Crippen molar-refractivity contribution in [2.75, 3.05) is 18.0 Å². The van der Waals surface area contributed by atoms with E-state index >= 15 is 0 Å². The number of piperidine rings is 1. The van der Waals surface area contributed by atoms with Crippen LogP contribution in [0.5, 0.6) is 0 Å². The van der Waals surface area contributed by atoms with E-state index in [1.54, 1.807) is 12.1 Å². The van der Waals surface area contributed by atoms with Crippen LogP contribution in [0.25, 0.3) is 0 Å². The Labute approximate surface area is 107 Å². The van der Waals surface area contributed by atoms with Gasteiger partial charge in [0.15, 0.2) is 0 Å². The molecule has 1 amide bonds. The van der Waals surface area contributed by atoms with Crippen molar-refractivity contribution in [2.24, 2.45) is 0 Å². The summed E-state index contributed by atoms with van der Waals surface area (Å²) in [5.74, 6) is -0.0842. The zero-order chi connectivity index (χ0) is 13.0. The molecule has 1 fully saturated rings. The minimum Gasteiger partial charge on any atom is -0.371 e. The molecule has 0 spiro atoms. The Morgan fingerprint density at radius 1 is 1.33 bits per heavy atom. The molecule has 0 aromatic heterocycles. The van der Waals surface area contributed by atoms with Gasteiger partial charge in [-0.05, 0) is 37.1 Å². The maximum atomic E-state index is 12.8. The largest absolute Gasteiger partial charge is 0.371 e. The van der Waals surface area contributed by atoms with E-state index in [0.29, 0.717) is 6.42 Å². The SMILES string of the molecule is CCC(=O)NC1CCN(c2ccc(F)cc2)CC1.